The number of nitrogens with zero attached hydrogens (tertiary/aromatic N) is 2. The summed E-state index contributed by atoms with van der Waals surface area (Å²) in [5, 5.41) is 4.25. The van der Waals surface area contributed by atoms with E-state index < -0.39 is 28.5 Å². The molecule has 4 aromatic rings. The van der Waals surface area contributed by atoms with Crippen molar-refractivity contribution in [1.82, 2.24) is 10.2 Å². The van der Waals surface area contributed by atoms with Gasteiger partial charge in [-0.05, 0) is 79.1 Å². The van der Waals surface area contributed by atoms with Crippen LogP contribution in [-0.2, 0) is 32.6 Å². The van der Waals surface area contributed by atoms with E-state index in [1.54, 1.807) is 36.4 Å². The molecule has 4 aromatic carbocycles. The lowest BCUT2D eigenvalue weighted by atomic mass is 10.0. The van der Waals surface area contributed by atoms with Crippen molar-refractivity contribution in [2.45, 2.75) is 50.2 Å². The maximum absolute atomic E-state index is 14.5. The zero-order valence-corrected chi connectivity index (χ0v) is 29.0. The van der Waals surface area contributed by atoms with Crippen molar-refractivity contribution >= 4 is 73.9 Å². The van der Waals surface area contributed by atoms with E-state index in [4.69, 9.17) is 46.4 Å². The molecule has 2 amide bonds. The molecule has 2 atom stereocenters. The van der Waals surface area contributed by atoms with Crippen LogP contribution in [0.3, 0.4) is 0 Å². The fourth-order valence-corrected chi connectivity index (χ4v) is 6.76. The summed E-state index contributed by atoms with van der Waals surface area (Å²) in [5.74, 6) is -0.995. The average Bonchev–Trinajstić information content (AvgIpc) is 3.03. The number of amides is 2. The van der Waals surface area contributed by atoms with E-state index in [2.05, 4.69) is 5.32 Å². The Kier molecular flexibility index (Phi) is 12.4. The summed E-state index contributed by atoms with van der Waals surface area (Å²) >= 11 is 24.8. The van der Waals surface area contributed by atoms with Crippen LogP contribution < -0.4 is 9.62 Å². The summed E-state index contributed by atoms with van der Waals surface area (Å²) in [6.45, 7) is 3.14. The van der Waals surface area contributed by atoms with Crippen LogP contribution >= 0.6 is 46.4 Å². The molecule has 1 N–H and O–H groups in total. The molecule has 0 saturated carbocycles. The molecular weight excluding hydrogens is 688 g/mol. The van der Waals surface area contributed by atoms with Crippen molar-refractivity contribution in [2.24, 2.45) is 0 Å². The van der Waals surface area contributed by atoms with Gasteiger partial charge >= 0.3 is 0 Å². The number of sulfonamides is 1. The molecule has 7 nitrogen and oxygen atoms in total. The van der Waals surface area contributed by atoms with E-state index in [1.165, 1.54) is 35.2 Å². The van der Waals surface area contributed by atoms with Gasteiger partial charge < -0.3 is 10.2 Å². The summed E-state index contributed by atoms with van der Waals surface area (Å²) in [5.41, 5.74) is 1.60. The Hall–Kier alpha value is -3.27. The fraction of sp³-hybridized carbons (Fsp3) is 0.235. The Labute approximate surface area is 290 Å². The van der Waals surface area contributed by atoms with Crippen LogP contribution in [0.15, 0.2) is 102 Å². The molecule has 0 saturated heterocycles. The van der Waals surface area contributed by atoms with Gasteiger partial charge in [0.05, 0.1) is 20.6 Å². The molecule has 0 bridgehead atoms. The number of carbonyl (C=O) groups excluding carboxylic acids is 2. The van der Waals surface area contributed by atoms with Gasteiger partial charge in [-0.25, -0.2) is 8.42 Å². The lowest BCUT2D eigenvalue weighted by Crippen LogP contribution is -2.54. The smallest absolute Gasteiger partial charge is 0.264 e. The first-order valence-corrected chi connectivity index (χ1v) is 17.5. The number of halogens is 4. The highest BCUT2D eigenvalue weighted by molar-refractivity contribution is 7.92. The van der Waals surface area contributed by atoms with E-state index in [0.29, 0.717) is 22.0 Å². The third-order valence-corrected chi connectivity index (χ3v) is 10.4. The Morgan fingerprint density at radius 3 is 2.11 bits per heavy atom. The summed E-state index contributed by atoms with van der Waals surface area (Å²) < 4.78 is 29.2. The maximum Gasteiger partial charge on any atom is 0.264 e. The normalized spacial score (nSPS) is 12.7. The first-order valence-electron chi connectivity index (χ1n) is 14.5. The molecule has 0 unspecified atom stereocenters. The second-order valence-corrected chi connectivity index (χ2v) is 14.3. The topological polar surface area (TPSA) is 86.8 Å². The van der Waals surface area contributed by atoms with Crippen LogP contribution in [0, 0.1) is 0 Å². The quantitative estimate of drug-likeness (QED) is 0.152. The maximum atomic E-state index is 14.5. The molecule has 4 rings (SSSR count). The summed E-state index contributed by atoms with van der Waals surface area (Å²) in [6, 6.07) is 24.9. The Balaban J connectivity index is 1.82. The van der Waals surface area contributed by atoms with Crippen molar-refractivity contribution in [3.8, 4) is 0 Å². The largest absolute Gasteiger partial charge is 0.352 e. The Bertz CT molecular complexity index is 1770. The molecule has 0 radical (unpaired) electrons. The highest BCUT2D eigenvalue weighted by Gasteiger charge is 2.35. The lowest BCUT2D eigenvalue weighted by Gasteiger charge is -2.34. The number of hydrogen-bond donors (Lipinski definition) is 1. The third kappa shape index (κ3) is 9.17. The fourth-order valence-electron chi connectivity index (χ4n) is 4.72. The highest BCUT2D eigenvalue weighted by Crippen LogP contribution is 2.29. The van der Waals surface area contributed by atoms with Gasteiger partial charge in [-0.3, -0.25) is 13.9 Å². The van der Waals surface area contributed by atoms with Gasteiger partial charge in [-0.2, -0.15) is 0 Å². The van der Waals surface area contributed by atoms with Crippen LogP contribution in [0.2, 0.25) is 20.1 Å². The molecule has 0 aliphatic rings. The van der Waals surface area contributed by atoms with Crippen LogP contribution in [0.1, 0.15) is 31.4 Å². The number of hydrogen-bond acceptors (Lipinski definition) is 4. The molecule has 242 valence electrons. The molecule has 0 spiro atoms. The van der Waals surface area contributed by atoms with Gasteiger partial charge in [0.1, 0.15) is 12.6 Å². The molecule has 46 heavy (non-hydrogen) atoms. The van der Waals surface area contributed by atoms with Crippen LogP contribution in [-0.4, -0.2) is 43.8 Å². The van der Waals surface area contributed by atoms with Crippen molar-refractivity contribution in [3.63, 3.8) is 0 Å². The predicted octanol–water partition coefficient (Wildman–Crippen LogP) is 8.05. The zero-order chi connectivity index (χ0) is 33.4. The number of rotatable bonds is 13. The summed E-state index contributed by atoms with van der Waals surface area (Å²) in [4.78, 5) is 29.7. The summed E-state index contributed by atoms with van der Waals surface area (Å²) in [6.07, 6.45) is 0.851. The monoisotopic (exact) mass is 719 g/mol. The first kappa shape index (κ1) is 35.6. The van der Waals surface area contributed by atoms with Crippen molar-refractivity contribution in [3.05, 3.63) is 128 Å². The number of carbonyl (C=O) groups is 2. The van der Waals surface area contributed by atoms with E-state index in [9.17, 15) is 18.0 Å². The van der Waals surface area contributed by atoms with E-state index in [1.807, 2.05) is 44.2 Å². The van der Waals surface area contributed by atoms with Gasteiger partial charge in [0, 0.05) is 29.1 Å². The van der Waals surface area contributed by atoms with Gasteiger partial charge in [-0.1, -0.05) is 95.8 Å². The highest BCUT2D eigenvalue weighted by atomic mass is 35.5. The molecule has 0 aromatic heterocycles. The van der Waals surface area contributed by atoms with E-state index >= 15 is 0 Å². The predicted molar refractivity (Wildman–Crippen MR) is 186 cm³/mol. The van der Waals surface area contributed by atoms with Gasteiger partial charge in [0.15, 0.2) is 0 Å². The van der Waals surface area contributed by atoms with Crippen molar-refractivity contribution in [1.29, 1.82) is 0 Å². The number of benzene rings is 4. The molecule has 0 fully saturated rings. The Morgan fingerprint density at radius 2 is 1.48 bits per heavy atom. The summed E-state index contributed by atoms with van der Waals surface area (Å²) in [7, 11) is -4.30. The Morgan fingerprint density at radius 1 is 0.783 bits per heavy atom. The van der Waals surface area contributed by atoms with Crippen LogP contribution in [0.5, 0.6) is 0 Å². The van der Waals surface area contributed by atoms with Gasteiger partial charge in [-0.15, -0.1) is 0 Å². The van der Waals surface area contributed by atoms with Gasteiger partial charge in [0.2, 0.25) is 11.8 Å². The van der Waals surface area contributed by atoms with Crippen LogP contribution in [0.25, 0.3) is 0 Å². The first-order chi connectivity index (χ1) is 21.9. The second kappa shape index (κ2) is 16.0. The minimum atomic E-state index is -4.30. The molecule has 0 heterocycles. The third-order valence-electron chi connectivity index (χ3n) is 7.39. The molecule has 12 heteroatoms. The minimum Gasteiger partial charge on any atom is -0.352 e. The number of anilines is 1. The standard InChI is InChI=1S/C34H33Cl4N3O4S/c1-3-23(2)39-34(43)32(19-24-8-5-4-6-9-24)40(21-25-12-17-30(37)31(38)18-25)33(42)22-41(28-11-7-10-27(36)20-28)46(44,45)29-15-13-26(35)14-16-29/h4-18,20,23,32H,3,19,21-22H2,1-2H3,(H,39,43)/t23-,32+/m0/s1. The minimum absolute atomic E-state index is 0.0501. The number of nitrogens with one attached hydrogen (secondary N) is 1. The van der Waals surface area contributed by atoms with Crippen molar-refractivity contribution < 1.29 is 18.0 Å². The molecular formula is C34H33Cl4N3O4S. The second-order valence-electron chi connectivity index (χ2n) is 10.7. The average molecular weight is 722 g/mol. The lowest BCUT2D eigenvalue weighted by molar-refractivity contribution is -0.140. The van der Waals surface area contributed by atoms with E-state index in [-0.39, 0.29) is 45.5 Å². The molecule has 0 aliphatic heterocycles. The zero-order valence-electron chi connectivity index (χ0n) is 25.2. The van der Waals surface area contributed by atoms with Crippen molar-refractivity contribution in [2.75, 3.05) is 10.8 Å². The van der Waals surface area contributed by atoms with E-state index in [0.717, 1.165) is 9.87 Å². The van der Waals surface area contributed by atoms with Crippen LogP contribution in [0.4, 0.5) is 5.69 Å². The SMILES string of the molecule is CC[C@H](C)NC(=O)[C@@H](Cc1ccccc1)N(Cc1ccc(Cl)c(Cl)c1)C(=O)CN(c1cccc(Cl)c1)S(=O)(=O)c1ccc(Cl)cc1. The molecule has 0 aliphatic carbocycles. The van der Waals surface area contributed by atoms with Gasteiger partial charge in [0.25, 0.3) is 10.0 Å².